The first kappa shape index (κ1) is 20.0. The third-order valence-electron chi connectivity index (χ3n) is 9.19. The highest BCUT2D eigenvalue weighted by molar-refractivity contribution is 5.80. The summed E-state index contributed by atoms with van der Waals surface area (Å²) in [4.78, 5) is 21.4. The van der Waals surface area contributed by atoms with Crippen LogP contribution in [0.4, 0.5) is 0 Å². The van der Waals surface area contributed by atoms with Gasteiger partial charge in [0.2, 0.25) is 0 Å². The average molecular weight is 389 g/mol. The summed E-state index contributed by atoms with van der Waals surface area (Å²) < 4.78 is 0. The Morgan fingerprint density at radius 1 is 0.964 bits per heavy atom. The molecule has 6 unspecified atom stereocenters. The van der Waals surface area contributed by atoms with Crippen molar-refractivity contribution < 1.29 is 19.8 Å². The van der Waals surface area contributed by atoms with Crippen molar-refractivity contribution >= 4 is 11.9 Å². The normalized spacial score (nSPS) is 43.6. The Morgan fingerprint density at radius 2 is 1.61 bits per heavy atom. The number of fused-ring (bicyclic) bond motifs is 2. The van der Waals surface area contributed by atoms with Gasteiger partial charge in [0, 0.05) is 6.42 Å². The highest BCUT2D eigenvalue weighted by Crippen LogP contribution is 2.67. The maximum Gasteiger partial charge on any atom is 0.313 e. The topological polar surface area (TPSA) is 74.6 Å². The monoisotopic (exact) mass is 388 g/mol. The Hall–Kier alpha value is -1.32. The molecular formula is C24H36O4. The van der Waals surface area contributed by atoms with E-state index in [1.165, 1.54) is 38.5 Å². The molecule has 0 aromatic heterocycles. The molecule has 5 fully saturated rings. The third kappa shape index (κ3) is 3.64. The molecule has 0 aliphatic heterocycles. The molecule has 4 nitrogen and oxygen atoms in total. The van der Waals surface area contributed by atoms with Crippen molar-refractivity contribution in [1.29, 1.82) is 0 Å². The van der Waals surface area contributed by atoms with Crippen molar-refractivity contribution in [2.45, 2.75) is 84.5 Å². The Labute approximate surface area is 168 Å². The molecule has 0 heterocycles. The number of carbonyl (C=O) groups is 2. The Kier molecular flexibility index (Phi) is 4.91. The van der Waals surface area contributed by atoms with Crippen LogP contribution < -0.4 is 0 Å². The van der Waals surface area contributed by atoms with Crippen molar-refractivity contribution in [3.63, 3.8) is 0 Å². The number of hydrogen-bond acceptors (Lipinski definition) is 2. The summed E-state index contributed by atoms with van der Waals surface area (Å²) in [5, 5.41) is 17.6. The largest absolute Gasteiger partial charge is 0.481 e. The molecule has 0 aromatic carbocycles. The van der Waals surface area contributed by atoms with Gasteiger partial charge >= 0.3 is 11.9 Å². The van der Waals surface area contributed by atoms with Gasteiger partial charge in [-0.2, -0.15) is 0 Å². The van der Waals surface area contributed by atoms with E-state index in [0.717, 1.165) is 43.4 Å². The maximum atomic E-state index is 11.0. The van der Waals surface area contributed by atoms with Gasteiger partial charge in [-0.15, -0.1) is 0 Å². The van der Waals surface area contributed by atoms with Crippen LogP contribution in [0.25, 0.3) is 0 Å². The van der Waals surface area contributed by atoms with Gasteiger partial charge in [0.15, 0.2) is 0 Å². The Morgan fingerprint density at radius 3 is 2.04 bits per heavy atom. The lowest BCUT2D eigenvalue weighted by Crippen LogP contribution is -2.13. The van der Waals surface area contributed by atoms with E-state index in [0.29, 0.717) is 23.2 Å². The summed E-state index contributed by atoms with van der Waals surface area (Å²) in [6.45, 7) is 4.75. The van der Waals surface area contributed by atoms with Gasteiger partial charge in [-0.3, -0.25) is 9.59 Å². The molecule has 28 heavy (non-hydrogen) atoms. The Bertz CT molecular complexity index is 674. The number of carboxylic acid groups (broad SMARTS) is 2. The number of allylic oxidation sites excluding steroid dienone is 1. The number of rotatable bonds is 7. The van der Waals surface area contributed by atoms with Crippen molar-refractivity contribution in [2.24, 2.45) is 39.9 Å². The minimum Gasteiger partial charge on any atom is -0.481 e. The predicted octanol–water partition coefficient (Wildman–Crippen LogP) is 5.52. The fraction of sp³-hybridized carbons (Fsp3) is 0.833. The van der Waals surface area contributed by atoms with Gasteiger partial charge < -0.3 is 10.2 Å². The second kappa shape index (κ2) is 6.88. The van der Waals surface area contributed by atoms with Crippen molar-refractivity contribution in [2.75, 3.05) is 0 Å². The number of hydrogen-bond donors (Lipinski definition) is 2. The molecule has 4 heteroatoms. The van der Waals surface area contributed by atoms with Crippen molar-refractivity contribution in [3.05, 3.63) is 12.2 Å². The molecule has 2 N–H and O–H groups in total. The summed E-state index contributed by atoms with van der Waals surface area (Å²) in [7, 11) is 0. The molecular weight excluding hydrogens is 352 g/mol. The van der Waals surface area contributed by atoms with Gasteiger partial charge in [0.25, 0.3) is 0 Å². The second-order valence-electron chi connectivity index (χ2n) is 10.9. The van der Waals surface area contributed by atoms with E-state index in [4.69, 9.17) is 10.2 Å². The van der Waals surface area contributed by atoms with Crippen LogP contribution in [-0.4, -0.2) is 22.2 Å². The minimum absolute atomic E-state index is 0.358. The SMILES string of the molecule is CC12CC1CCC2/C=C/C1(C(=O)O)CC1.CC12CC1CCC2CCCC(=O)O. The summed E-state index contributed by atoms with van der Waals surface area (Å²) >= 11 is 0. The van der Waals surface area contributed by atoms with E-state index in [1.807, 2.05) is 6.08 Å². The molecule has 0 bridgehead atoms. The van der Waals surface area contributed by atoms with E-state index in [-0.39, 0.29) is 0 Å². The van der Waals surface area contributed by atoms with E-state index < -0.39 is 17.4 Å². The zero-order valence-electron chi connectivity index (χ0n) is 17.5. The summed E-state index contributed by atoms with van der Waals surface area (Å²) in [6.07, 6.45) is 16.4. The van der Waals surface area contributed by atoms with E-state index in [2.05, 4.69) is 19.9 Å². The van der Waals surface area contributed by atoms with Crippen LogP contribution in [0.5, 0.6) is 0 Å². The molecule has 5 rings (SSSR count). The van der Waals surface area contributed by atoms with Crippen molar-refractivity contribution in [1.82, 2.24) is 0 Å². The van der Waals surface area contributed by atoms with Crippen molar-refractivity contribution in [3.8, 4) is 0 Å². The minimum atomic E-state index is -0.643. The maximum absolute atomic E-state index is 11.0. The fourth-order valence-electron chi connectivity index (χ4n) is 6.38. The molecule has 5 aliphatic carbocycles. The summed E-state index contributed by atoms with van der Waals surface area (Å²) in [5.74, 6) is 2.13. The number of carboxylic acids is 2. The first-order valence-electron chi connectivity index (χ1n) is 11.3. The summed E-state index contributed by atoms with van der Waals surface area (Å²) in [5.41, 5.74) is 0.687. The van der Waals surface area contributed by atoms with Crippen LogP contribution in [0.2, 0.25) is 0 Å². The van der Waals surface area contributed by atoms with Crippen LogP contribution in [0.3, 0.4) is 0 Å². The molecule has 5 aliphatic rings. The van der Waals surface area contributed by atoms with Gasteiger partial charge in [0.05, 0.1) is 5.41 Å². The van der Waals surface area contributed by atoms with Crippen LogP contribution in [-0.2, 0) is 9.59 Å². The summed E-state index contributed by atoms with van der Waals surface area (Å²) in [6, 6.07) is 0. The van der Waals surface area contributed by atoms with Gasteiger partial charge in [-0.1, -0.05) is 26.0 Å². The highest BCUT2D eigenvalue weighted by Gasteiger charge is 2.59. The predicted molar refractivity (Wildman–Crippen MR) is 108 cm³/mol. The molecule has 0 radical (unpaired) electrons. The highest BCUT2D eigenvalue weighted by atomic mass is 16.4. The van der Waals surface area contributed by atoms with Crippen LogP contribution in [0.15, 0.2) is 12.2 Å². The zero-order valence-corrected chi connectivity index (χ0v) is 17.5. The second-order valence-corrected chi connectivity index (χ2v) is 10.9. The lowest BCUT2D eigenvalue weighted by atomic mass is 9.87. The number of aliphatic carboxylic acids is 2. The van der Waals surface area contributed by atoms with Crippen LogP contribution in [0, 0.1) is 39.9 Å². The first-order chi connectivity index (χ1) is 13.2. The average Bonchev–Trinajstić information content (AvgIpc) is 3.57. The zero-order chi connectivity index (χ0) is 20.2. The van der Waals surface area contributed by atoms with E-state index in [1.54, 1.807) is 0 Å². The lowest BCUT2D eigenvalue weighted by molar-refractivity contribution is -0.141. The van der Waals surface area contributed by atoms with E-state index >= 15 is 0 Å². The standard InChI is InChI=1S/C13H18O2.C11H18O2/c1-12-8-10(12)3-2-9(12)4-5-13(6-7-13)11(14)15;1-11-7-9(11)6-5-8(11)3-2-4-10(12)13/h4-5,9-10H,2-3,6-8H2,1H3,(H,14,15);8-9H,2-7H2,1H3,(H,12,13)/b5-4+;. The molecule has 0 amide bonds. The molecule has 5 saturated carbocycles. The molecule has 0 aromatic rings. The molecule has 0 spiro atoms. The molecule has 156 valence electrons. The van der Waals surface area contributed by atoms with Gasteiger partial charge in [0.1, 0.15) is 0 Å². The van der Waals surface area contributed by atoms with Gasteiger partial charge in [-0.05, 0) is 98.7 Å². The lowest BCUT2D eigenvalue weighted by Gasteiger charge is -2.18. The molecule has 0 saturated heterocycles. The third-order valence-corrected chi connectivity index (χ3v) is 9.19. The fourth-order valence-corrected chi connectivity index (χ4v) is 6.38. The molecule has 6 atom stereocenters. The van der Waals surface area contributed by atoms with Gasteiger partial charge in [-0.25, -0.2) is 0 Å². The first-order valence-corrected chi connectivity index (χ1v) is 11.3. The van der Waals surface area contributed by atoms with E-state index in [9.17, 15) is 9.59 Å². The van der Waals surface area contributed by atoms with Crippen LogP contribution in [0.1, 0.15) is 84.5 Å². The van der Waals surface area contributed by atoms with Crippen LogP contribution >= 0.6 is 0 Å². The quantitative estimate of drug-likeness (QED) is 0.563. The smallest absolute Gasteiger partial charge is 0.313 e. The Balaban J connectivity index is 0.000000139.